The molecule has 0 atom stereocenters. The topological polar surface area (TPSA) is 41.6 Å². The van der Waals surface area contributed by atoms with Crippen molar-refractivity contribution < 1.29 is 4.39 Å². The van der Waals surface area contributed by atoms with Gasteiger partial charge in [0.2, 0.25) is 0 Å². The average Bonchev–Trinajstić information content (AvgIpc) is 2.94. The van der Waals surface area contributed by atoms with Crippen LogP contribution in [0.25, 0.3) is 15.8 Å². The van der Waals surface area contributed by atoms with Gasteiger partial charge in [0.25, 0.3) is 0 Å². The largest absolute Gasteiger partial charge is 0.344 e. The van der Waals surface area contributed by atoms with Crippen molar-refractivity contribution in [3.8, 4) is 0 Å². The SMILES string of the molecule is C=C(Sc1ccnc2c(F)cccc12)c1ncc[nH]1. The fourth-order valence-corrected chi connectivity index (χ4v) is 2.68. The van der Waals surface area contributed by atoms with E-state index in [9.17, 15) is 4.39 Å². The molecule has 0 aliphatic rings. The molecule has 3 rings (SSSR count). The lowest BCUT2D eigenvalue weighted by Gasteiger charge is -2.06. The summed E-state index contributed by atoms with van der Waals surface area (Å²) in [6.07, 6.45) is 5.01. The van der Waals surface area contributed by atoms with Gasteiger partial charge in [-0.15, -0.1) is 0 Å². The van der Waals surface area contributed by atoms with Crippen molar-refractivity contribution >= 4 is 27.6 Å². The van der Waals surface area contributed by atoms with Gasteiger partial charge in [0, 0.05) is 33.8 Å². The Hall–Kier alpha value is -2.14. The lowest BCUT2D eigenvalue weighted by atomic mass is 10.2. The van der Waals surface area contributed by atoms with E-state index in [1.165, 1.54) is 17.8 Å². The van der Waals surface area contributed by atoms with Crippen LogP contribution in [0.15, 0.2) is 54.3 Å². The molecule has 3 nitrogen and oxygen atoms in total. The highest BCUT2D eigenvalue weighted by atomic mass is 32.2. The summed E-state index contributed by atoms with van der Waals surface area (Å²) >= 11 is 1.44. The molecule has 0 aliphatic carbocycles. The van der Waals surface area contributed by atoms with E-state index < -0.39 is 0 Å². The van der Waals surface area contributed by atoms with E-state index in [1.54, 1.807) is 24.7 Å². The second-order valence-corrected chi connectivity index (χ2v) is 5.04. The minimum Gasteiger partial charge on any atom is -0.344 e. The molecule has 0 saturated carbocycles. The second kappa shape index (κ2) is 4.85. The summed E-state index contributed by atoms with van der Waals surface area (Å²) in [6.45, 7) is 3.98. The predicted octanol–water partition coefficient (Wildman–Crippen LogP) is 3.86. The zero-order chi connectivity index (χ0) is 13.2. The van der Waals surface area contributed by atoms with Crippen molar-refractivity contribution in [2.75, 3.05) is 0 Å². The third-order valence-electron chi connectivity index (χ3n) is 2.68. The van der Waals surface area contributed by atoms with Crippen LogP contribution in [0.4, 0.5) is 4.39 Å². The predicted molar refractivity (Wildman–Crippen MR) is 75.2 cm³/mol. The lowest BCUT2D eigenvalue weighted by molar-refractivity contribution is 0.636. The van der Waals surface area contributed by atoms with E-state index in [0.717, 1.165) is 15.2 Å². The normalized spacial score (nSPS) is 10.8. The van der Waals surface area contributed by atoms with E-state index in [1.807, 2.05) is 12.1 Å². The molecule has 0 radical (unpaired) electrons. The molecular weight excluding hydrogens is 261 g/mol. The number of aromatic nitrogens is 3. The van der Waals surface area contributed by atoms with Gasteiger partial charge >= 0.3 is 0 Å². The number of pyridine rings is 1. The number of imidazole rings is 1. The molecular formula is C14H10FN3S. The number of hydrogen-bond acceptors (Lipinski definition) is 3. The Bertz CT molecular complexity index is 738. The first-order chi connectivity index (χ1) is 9.25. The van der Waals surface area contributed by atoms with E-state index in [0.29, 0.717) is 11.3 Å². The van der Waals surface area contributed by atoms with Gasteiger partial charge in [-0.3, -0.25) is 4.98 Å². The number of fused-ring (bicyclic) bond motifs is 1. The average molecular weight is 271 g/mol. The van der Waals surface area contributed by atoms with Gasteiger partial charge < -0.3 is 4.98 Å². The molecule has 0 amide bonds. The summed E-state index contributed by atoms with van der Waals surface area (Å²) in [5, 5.41) is 0.778. The van der Waals surface area contributed by atoms with Crippen molar-refractivity contribution in [1.29, 1.82) is 0 Å². The molecule has 0 aliphatic heterocycles. The third kappa shape index (κ3) is 2.24. The Labute approximate surface area is 113 Å². The van der Waals surface area contributed by atoms with Gasteiger partial charge in [0.15, 0.2) is 0 Å². The third-order valence-corrected chi connectivity index (χ3v) is 3.69. The maximum atomic E-state index is 13.7. The molecule has 0 unspecified atom stereocenters. The standard InChI is InChI=1S/C14H10FN3S/c1-9(14-17-7-8-18-14)19-12-5-6-16-13-10(12)3-2-4-11(13)15/h2-8H,1H2,(H,17,18). The molecule has 5 heteroatoms. The highest BCUT2D eigenvalue weighted by Crippen LogP contribution is 2.35. The zero-order valence-electron chi connectivity index (χ0n) is 9.93. The van der Waals surface area contributed by atoms with Crippen molar-refractivity contribution in [3.05, 3.63) is 61.1 Å². The Morgan fingerprint density at radius 3 is 2.89 bits per heavy atom. The smallest absolute Gasteiger partial charge is 0.149 e. The first-order valence-electron chi connectivity index (χ1n) is 5.65. The van der Waals surface area contributed by atoms with Crippen LogP contribution in [0, 0.1) is 5.82 Å². The number of para-hydroxylation sites is 1. The number of benzene rings is 1. The van der Waals surface area contributed by atoms with Gasteiger partial charge in [-0.25, -0.2) is 9.37 Å². The Kier molecular flexibility index (Phi) is 3.05. The molecule has 0 fully saturated rings. The minimum atomic E-state index is -0.316. The summed E-state index contributed by atoms with van der Waals surface area (Å²) < 4.78 is 13.7. The Balaban J connectivity index is 2.02. The zero-order valence-corrected chi connectivity index (χ0v) is 10.7. The van der Waals surface area contributed by atoms with Crippen molar-refractivity contribution in [1.82, 2.24) is 15.0 Å². The molecule has 1 N–H and O–H groups in total. The van der Waals surface area contributed by atoms with Gasteiger partial charge in [-0.05, 0) is 12.1 Å². The summed E-state index contributed by atoms with van der Waals surface area (Å²) in [5.74, 6) is 0.398. The number of halogens is 1. The monoisotopic (exact) mass is 271 g/mol. The van der Waals surface area contributed by atoms with Crippen LogP contribution in [-0.4, -0.2) is 15.0 Å². The van der Waals surface area contributed by atoms with Crippen molar-refractivity contribution in [3.63, 3.8) is 0 Å². The second-order valence-electron chi connectivity index (χ2n) is 3.91. The number of H-pyrrole nitrogens is 1. The quantitative estimate of drug-likeness (QED) is 0.735. The minimum absolute atomic E-state index is 0.316. The summed E-state index contributed by atoms with van der Waals surface area (Å²) in [6, 6.07) is 6.79. The van der Waals surface area contributed by atoms with Crippen LogP contribution in [0.1, 0.15) is 5.82 Å². The number of aromatic amines is 1. The van der Waals surface area contributed by atoms with Crippen LogP contribution in [0.3, 0.4) is 0 Å². The fraction of sp³-hybridized carbons (Fsp3) is 0. The molecule has 94 valence electrons. The lowest BCUT2D eigenvalue weighted by Crippen LogP contribution is -1.87. The molecule has 2 heterocycles. The van der Waals surface area contributed by atoms with Crippen molar-refractivity contribution in [2.24, 2.45) is 0 Å². The van der Waals surface area contributed by atoms with E-state index in [4.69, 9.17) is 0 Å². The summed E-state index contributed by atoms with van der Waals surface area (Å²) in [7, 11) is 0. The van der Waals surface area contributed by atoms with E-state index in [2.05, 4.69) is 21.5 Å². The highest BCUT2D eigenvalue weighted by molar-refractivity contribution is 8.08. The molecule has 1 aromatic carbocycles. The van der Waals surface area contributed by atoms with Crippen molar-refractivity contribution in [2.45, 2.75) is 4.90 Å². The Morgan fingerprint density at radius 1 is 1.21 bits per heavy atom. The van der Waals surface area contributed by atoms with Crippen LogP contribution in [0.2, 0.25) is 0 Å². The number of rotatable bonds is 3. The maximum absolute atomic E-state index is 13.7. The van der Waals surface area contributed by atoms with Crippen LogP contribution in [0.5, 0.6) is 0 Å². The molecule has 19 heavy (non-hydrogen) atoms. The van der Waals surface area contributed by atoms with Crippen LogP contribution >= 0.6 is 11.8 Å². The van der Waals surface area contributed by atoms with Gasteiger partial charge in [0.05, 0.1) is 0 Å². The van der Waals surface area contributed by atoms with Crippen LogP contribution in [-0.2, 0) is 0 Å². The van der Waals surface area contributed by atoms with E-state index in [-0.39, 0.29) is 5.82 Å². The number of nitrogens with zero attached hydrogens (tertiary/aromatic N) is 2. The van der Waals surface area contributed by atoms with Gasteiger partial charge in [-0.1, -0.05) is 30.5 Å². The number of hydrogen-bond donors (Lipinski definition) is 1. The molecule has 0 bridgehead atoms. The van der Waals surface area contributed by atoms with Crippen LogP contribution < -0.4 is 0 Å². The summed E-state index contributed by atoms with van der Waals surface area (Å²) in [5.41, 5.74) is 0.375. The number of nitrogens with one attached hydrogen (secondary N) is 1. The molecule has 0 spiro atoms. The first kappa shape index (κ1) is 11.9. The fourth-order valence-electron chi connectivity index (χ4n) is 1.80. The maximum Gasteiger partial charge on any atom is 0.149 e. The number of thioether (sulfide) groups is 1. The van der Waals surface area contributed by atoms with Gasteiger partial charge in [-0.2, -0.15) is 0 Å². The molecule has 3 aromatic rings. The van der Waals surface area contributed by atoms with E-state index >= 15 is 0 Å². The van der Waals surface area contributed by atoms with Gasteiger partial charge in [0.1, 0.15) is 17.2 Å². The summed E-state index contributed by atoms with van der Waals surface area (Å²) in [4.78, 5) is 12.9. The first-order valence-corrected chi connectivity index (χ1v) is 6.47. The molecule has 2 aromatic heterocycles. The Morgan fingerprint density at radius 2 is 2.11 bits per heavy atom. The highest BCUT2D eigenvalue weighted by Gasteiger charge is 2.09. The molecule has 0 saturated heterocycles.